The molecule has 0 aliphatic carbocycles. The van der Waals surface area contributed by atoms with Gasteiger partial charge in [-0.25, -0.2) is 13.2 Å². The summed E-state index contributed by atoms with van der Waals surface area (Å²) >= 11 is 0. The Bertz CT molecular complexity index is 1330. The minimum atomic E-state index is -3.39. The number of para-hydroxylation sites is 1. The van der Waals surface area contributed by atoms with Crippen molar-refractivity contribution in [3.05, 3.63) is 68.9 Å². The fraction of sp³-hybridized carbons (Fsp3) is 0.250. The summed E-state index contributed by atoms with van der Waals surface area (Å²) in [5, 5.41) is 3.11. The second-order valence-corrected chi connectivity index (χ2v) is 8.77. The fourth-order valence-corrected chi connectivity index (χ4v) is 3.71. The van der Waals surface area contributed by atoms with Crippen LogP contribution in [0.5, 0.6) is 0 Å². The van der Waals surface area contributed by atoms with E-state index in [9.17, 15) is 22.8 Å². The van der Waals surface area contributed by atoms with Gasteiger partial charge in [0, 0.05) is 18.7 Å². The average molecular weight is 430 g/mol. The molecule has 1 heterocycles. The summed E-state index contributed by atoms with van der Waals surface area (Å²) < 4.78 is 27.3. The molecule has 0 aliphatic heterocycles. The van der Waals surface area contributed by atoms with Gasteiger partial charge >= 0.3 is 5.69 Å². The van der Waals surface area contributed by atoms with E-state index in [1.165, 1.54) is 4.57 Å². The molecule has 0 saturated carbocycles. The maximum Gasteiger partial charge on any atom is 0.328 e. The van der Waals surface area contributed by atoms with E-state index in [1.807, 2.05) is 0 Å². The Morgan fingerprint density at radius 3 is 2.57 bits per heavy atom. The Hall–Kier alpha value is -3.40. The van der Waals surface area contributed by atoms with Gasteiger partial charge in [0.05, 0.1) is 22.3 Å². The number of hydrogen-bond donors (Lipinski definition) is 3. The first-order valence-electron chi connectivity index (χ1n) is 9.33. The third kappa shape index (κ3) is 4.77. The maximum absolute atomic E-state index is 12.4. The van der Waals surface area contributed by atoms with E-state index in [2.05, 4.69) is 15.0 Å². The zero-order valence-electron chi connectivity index (χ0n) is 16.6. The minimum Gasteiger partial charge on any atom is -0.326 e. The van der Waals surface area contributed by atoms with Crippen LogP contribution in [0.4, 0.5) is 11.4 Å². The topological polar surface area (TPSA) is 130 Å². The lowest BCUT2D eigenvalue weighted by Crippen LogP contribution is -2.31. The fourth-order valence-electron chi connectivity index (χ4n) is 3.00. The lowest BCUT2D eigenvalue weighted by atomic mass is 10.2. The van der Waals surface area contributed by atoms with Gasteiger partial charge in [-0.3, -0.25) is 23.9 Å². The third-order valence-electron chi connectivity index (χ3n) is 4.62. The summed E-state index contributed by atoms with van der Waals surface area (Å²) in [4.78, 5) is 38.7. The van der Waals surface area contributed by atoms with Crippen LogP contribution in [0.15, 0.2) is 52.1 Å². The molecule has 3 aromatic rings. The molecule has 158 valence electrons. The quantitative estimate of drug-likeness (QED) is 0.526. The van der Waals surface area contributed by atoms with E-state index in [4.69, 9.17) is 0 Å². The molecular formula is C20H22N4O5S. The second kappa shape index (κ2) is 8.54. The molecule has 0 saturated heterocycles. The maximum atomic E-state index is 12.4. The summed E-state index contributed by atoms with van der Waals surface area (Å²) in [6.07, 6.45) is 0.0131. The first kappa shape index (κ1) is 21.3. The number of hydrogen-bond acceptors (Lipinski definition) is 5. The number of nitrogens with zero attached hydrogens (tertiary/aromatic N) is 1. The van der Waals surface area contributed by atoms with Gasteiger partial charge in [0.1, 0.15) is 0 Å². The molecule has 0 fully saturated rings. The van der Waals surface area contributed by atoms with Crippen molar-refractivity contribution in [2.75, 3.05) is 15.8 Å². The van der Waals surface area contributed by atoms with Crippen molar-refractivity contribution in [2.45, 2.75) is 26.8 Å². The summed E-state index contributed by atoms with van der Waals surface area (Å²) in [7, 11) is -3.39. The summed E-state index contributed by atoms with van der Waals surface area (Å²) in [6.45, 7) is 3.37. The molecule has 0 spiro atoms. The number of anilines is 2. The van der Waals surface area contributed by atoms with Crippen molar-refractivity contribution in [1.82, 2.24) is 9.55 Å². The number of benzene rings is 2. The van der Waals surface area contributed by atoms with Crippen LogP contribution in [-0.4, -0.2) is 29.6 Å². The highest BCUT2D eigenvalue weighted by Crippen LogP contribution is 2.21. The second-order valence-electron chi connectivity index (χ2n) is 6.76. The molecule has 0 radical (unpaired) electrons. The number of aromatic nitrogens is 2. The van der Waals surface area contributed by atoms with Crippen LogP contribution < -0.4 is 21.3 Å². The largest absolute Gasteiger partial charge is 0.328 e. The van der Waals surface area contributed by atoms with E-state index in [1.54, 1.807) is 56.3 Å². The predicted octanol–water partition coefficient (Wildman–Crippen LogP) is 1.79. The van der Waals surface area contributed by atoms with Gasteiger partial charge in [-0.05, 0) is 49.7 Å². The molecule has 0 atom stereocenters. The van der Waals surface area contributed by atoms with Gasteiger partial charge in [-0.1, -0.05) is 12.1 Å². The molecule has 9 nitrogen and oxygen atoms in total. The number of amides is 1. The number of nitrogens with one attached hydrogen (secondary N) is 3. The normalized spacial score (nSPS) is 11.4. The molecular weight excluding hydrogens is 408 g/mol. The van der Waals surface area contributed by atoms with E-state index in [0.717, 1.165) is 0 Å². The first-order chi connectivity index (χ1) is 14.2. The zero-order chi connectivity index (χ0) is 21.9. The number of rotatable bonds is 7. The minimum absolute atomic E-state index is 0.0131. The number of aromatic amines is 1. The lowest BCUT2D eigenvalue weighted by molar-refractivity contribution is -0.116. The smallest absolute Gasteiger partial charge is 0.326 e. The molecule has 2 aromatic carbocycles. The molecule has 3 N–H and O–H groups in total. The van der Waals surface area contributed by atoms with Crippen molar-refractivity contribution in [3.8, 4) is 0 Å². The van der Waals surface area contributed by atoms with E-state index in [-0.39, 0.29) is 24.6 Å². The van der Waals surface area contributed by atoms with Crippen molar-refractivity contribution < 1.29 is 13.2 Å². The number of sulfonamides is 1. The van der Waals surface area contributed by atoms with Crippen molar-refractivity contribution in [1.29, 1.82) is 0 Å². The van der Waals surface area contributed by atoms with Crippen LogP contribution in [0.3, 0.4) is 0 Å². The molecule has 10 heteroatoms. The van der Waals surface area contributed by atoms with Crippen LogP contribution in [0.1, 0.15) is 18.9 Å². The van der Waals surface area contributed by atoms with Crippen molar-refractivity contribution in [3.63, 3.8) is 0 Å². The molecule has 30 heavy (non-hydrogen) atoms. The average Bonchev–Trinajstić information content (AvgIpc) is 2.70. The number of fused-ring (bicyclic) bond motifs is 1. The number of carbonyl (C=O) groups is 1. The SMILES string of the molecule is CCS(=O)(=O)Nc1ccc(NC(=O)CCn2c(=O)[nH]c(=O)c3ccccc32)cc1C. The molecule has 0 aliphatic rings. The highest BCUT2D eigenvalue weighted by molar-refractivity contribution is 7.92. The summed E-state index contributed by atoms with van der Waals surface area (Å²) in [5.41, 5.74) is 1.03. The summed E-state index contributed by atoms with van der Waals surface area (Å²) in [5.74, 6) is -0.359. The highest BCUT2D eigenvalue weighted by atomic mass is 32.2. The van der Waals surface area contributed by atoms with Crippen LogP contribution in [0.2, 0.25) is 0 Å². The molecule has 3 rings (SSSR count). The Balaban J connectivity index is 1.72. The van der Waals surface area contributed by atoms with E-state index in [0.29, 0.717) is 27.8 Å². The predicted molar refractivity (Wildman–Crippen MR) is 116 cm³/mol. The van der Waals surface area contributed by atoms with Gasteiger partial charge < -0.3 is 5.32 Å². The number of aryl methyl sites for hydroxylation is 2. The zero-order valence-corrected chi connectivity index (χ0v) is 17.4. The van der Waals surface area contributed by atoms with Gasteiger partial charge in [-0.2, -0.15) is 0 Å². The van der Waals surface area contributed by atoms with Crippen molar-refractivity contribution in [2.24, 2.45) is 0 Å². The van der Waals surface area contributed by atoms with E-state index < -0.39 is 21.3 Å². The van der Waals surface area contributed by atoms with E-state index >= 15 is 0 Å². The molecule has 1 aromatic heterocycles. The third-order valence-corrected chi connectivity index (χ3v) is 5.91. The Morgan fingerprint density at radius 1 is 1.13 bits per heavy atom. The van der Waals surface area contributed by atoms with Crippen LogP contribution in [-0.2, 0) is 21.4 Å². The Kier molecular flexibility index (Phi) is 6.06. The van der Waals surface area contributed by atoms with Crippen LogP contribution in [0, 0.1) is 6.92 Å². The van der Waals surface area contributed by atoms with Crippen LogP contribution in [0.25, 0.3) is 10.9 Å². The lowest BCUT2D eigenvalue weighted by Gasteiger charge is -2.12. The number of carbonyl (C=O) groups excluding carboxylic acids is 1. The van der Waals surface area contributed by atoms with Crippen LogP contribution >= 0.6 is 0 Å². The first-order valence-corrected chi connectivity index (χ1v) is 11.0. The van der Waals surface area contributed by atoms with Gasteiger partial charge in [0.15, 0.2) is 0 Å². The van der Waals surface area contributed by atoms with Gasteiger partial charge in [0.2, 0.25) is 15.9 Å². The molecule has 1 amide bonds. The Labute approximate surface area is 172 Å². The monoisotopic (exact) mass is 430 g/mol. The number of H-pyrrole nitrogens is 1. The van der Waals surface area contributed by atoms with Gasteiger partial charge in [-0.15, -0.1) is 0 Å². The molecule has 0 bridgehead atoms. The highest BCUT2D eigenvalue weighted by Gasteiger charge is 2.12. The standard InChI is InChI=1S/C20H22N4O5S/c1-3-30(28,29)23-16-9-8-14(12-13(16)2)21-18(25)10-11-24-17-7-5-4-6-15(17)19(26)22-20(24)27/h4-9,12,23H,3,10-11H2,1-2H3,(H,21,25)(H,22,26,27). The molecule has 0 unspecified atom stereocenters. The van der Waals surface area contributed by atoms with Crippen molar-refractivity contribution >= 4 is 38.2 Å². The summed E-state index contributed by atoms with van der Waals surface area (Å²) in [6, 6.07) is 11.5. The van der Waals surface area contributed by atoms with Gasteiger partial charge in [0.25, 0.3) is 5.56 Å². The Morgan fingerprint density at radius 2 is 1.87 bits per heavy atom.